The lowest BCUT2D eigenvalue weighted by Crippen LogP contribution is -2.32. The van der Waals surface area contributed by atoms with Crippen LogP contribution in [0.3, 0.4) is 0 Å². The molecule has 1 rings (SSSR count). The number of nitrogens with one attached hydrogen (secondary N) is 1. The highest BCUT2D eigenvalue weighted by molar-refractivity contribution is 9.10. The molecule has 1 N–H and O–H groups in total. The number of thiophene rings is 1. The lowest BCUT2D eigenvalue weighted by molar-refractivity contribution is 0.225. The molecule has 98 valence electrons. The predicted octanol–water partition coefficient (Wildman–Crippen LogP) is 4.71. The molecule has 1 nitrogen and oxygen atoms in total. The highest BCUT2D eigenvalue weighted by atomic mass is 79.9. The molecule has 0 aromatic carbocycles. The molecule has 0 saturated heterocycles. The van der Waals surface area contributed by atoms with Crippen LogP contribution in [0.25, 0.3) is 0 Å². The van der Waals surface area contributed by atoms with Crippen LogP contribution >= 0.6 is 27.3 Å². The Kier molecular flexibility index (Phi) is 5.68. The van der Waals surface area contributed by atoms with Crippen molar-refractivity contribution in [1.82, 2.24) is 5.32 Å². The second-order valence-corrected chi connectivity index (χ2v) is 7.74. The van der Waals surface area contributed by atoms with Crippen LogP contribution in [0.1, 0.15) is 39.0 Å². The molecule has 0 saturated carbocycles. The average molecular weight is 318 g/mol. The summed E-state index contributed by atoms with van der Waals surface area (Å²) in [5.41, 5.74) is 0.391. The lowest BCUT2D eigenvalue weighted by Gasteiger charge is -2.30. The number of halogens is 1. The zero-order valence-electron chi connectivity index (χ0n) is 11.5. The molecule has 1 aromatic heterocycles. The third-order valence-corrected chi connectivity index (χ3v) is 5.60. The zero-order valence-corrected chi connectivity index (χ0v) is 13.9. The van der Waals surface area contributed by atoms with E-state index in [1.54, 1.807) is 0 Å². The molecule has 0 radical (unpaired) electrons. The van der Waals surface area contributed by atoms with Crippen molar-refractivity contribution >= 4 is 27.3 Å². The predicted molar refractivity (Wildman–Crippen MR) is 81.8 cm³/mol. The summed E-state index contributed by atoms with van der Waals surface area (Å²) >= 11 is 5.45. The van der Waals surface area contributed by atoms with Gasteiger partial charge in [0.05, 0.1) is 0 Å². The highest BCUT2D eigenvalue weighted by Crippen LogP contribution is 2.31. The van der Waals surface area contributed by atoms with E-state index in [2.05, 4.69) is 67.4 Å². The fraction of sp³-hybridized carbons (Fsp3) is 0.714. The van der Waals surface area contributed by atoms with Crippen LogP contribution < -0.4 is 5.32 Å². The Morgan fingerprint density at radius 1 is 1.41 bits per heavy atom. The smallest absolute Gasteiger partial charge is 0.0314 e. The molecule has 1 heterocycles. The first kappa shape index (κ1) is 15.2. The summed E-state index contributed by atoms with van der Waals surface area (Å²) < 4.78 is 1.26. The van der Waals surface area contributed by atoms with Crippen LogP contribution in [0.15, 0.2) is 15.9 Å². The van der Waals surface area contributed by atoms with E-state index in [4.69, 9.17) is 0 Å². The van der Waals surface area contributed by atoms with Crippen LogP contribution in [0, 0.1) is 11.3 Å². The third-order valence-electron chi connectivity index (χ3n) is 3.65. The minimum atomic E-state index is 0.391. The van der Waals surface area contributed by atoms with Gasteiger partial charge in [0.15, 0.2) is 0 Å². The number of hydrogen-bond donors (Lipinski definition) is 1. The van der Waals surface area contributed by atoms with Crippen molar-refractivity contribution in [2.24, 2.45) is 11.3 Å². The summed E-state index contributed by atoms with van der Waals surface area (Å²) in [6.07, 6.45) is 2.35. The van der Waals surface area contributed by atoms with E-state index in [1.807, 2.05) is 11.3 Å². The van der Waals surface area contributed by atoms with Gasteiger partial charge in [-0.25, -0.2) is 0 Å². The third kappa shape index (κ3) is 4.72. The Bertz CT molecular complexity index is 340. The van der Waals surface area contributed by atoms with Gasteiger partial charge in [0.25, 0.3) is 0 Å². The summed E-state index contributed by atoms with van der Waals surface area (Å²) in [5.74, 6) is 0.721. The van der Waals surface area contributed by atoms with Crippen LogP contribution in [0.2, 0.25) is 0 Å². The standard InChI is InChI=1S/C14H24BrNS/c1-10(14(2,3)4)8-11(16-5)9-13-12(15)6-7-17-13/h6-7,10-11,16H,8-9H2,1-5H3. The molecular weight excluding hydrogens is 294 g/mol. The van der Waals surface area contributed by atoms with Crippen LogP contribution in [-0.4, -0.2) is 13.1 Å². The highest BCUT2D eigenvalue weighted by Gasteiger charge is 2.23. The maximum absolute atomic E-state index is 3.61. The van der Waals surface area contributed by atoms with E-state index in [1.165, 1.54) is 15.8 Å². The molecule has 3 heteroatoms. The van der Waals surface area contributed by atoms with Crippen molar-refractivity contribution < 1.29 is 0 Å². The van der Waals surface area contributed by atoms with E-state index in [0.29, 0.717) is 11.5 Å². The minimum absolute atomic E-state index is 0.391. The first-order valence-electron chi connectivity index (χ1n) is 6.23. The van der Waals surface area contributed by atoms with E-state index in [-0.39, 0.29) is 0 Å². The first-order chi connectivity index (χ1) is 7.84. The average Bonchev–Trinajstić information content (AvgIpc) is 2.61. The minimum Gasteiger partial charge on any atom is -0.317 e. The maximum Gasteiger partial charge on any atom is 0.0314 e. The van der Waals surface area contributed by atoms with Crippen molar-refractivity contribution in [1.29, 1.82) is 0 Å². The summed E-state index contributed by atoms with van der Waals surface area (Å²) in [7, 11) is 2.07. The van der Waals surface area contributed by atoms with Gasteiger partial charge in [-0.1, -0.05) is 27.7 Å². The second kappa shape index (κ2) is 6.35. The molecule has 0 aliphatic carbocycles. The van der Waals surface area contributed by atoms with Gasteiger partial charge in [-0.05, 0) is 58.6 Å². The van der Waals surface area contributed by atoms with E-state index < -0.39 is 0 Å². The second-order valence-electron chi connectivity index (χ2n) is 5.88. The largest absolute Gasteiger partial charge is 0.317 e. The molecule has 0 aliphatic rings. The van der Waals surface area contributed by atoms with Gasteiger partial charge >= 0.3 is 0 Å². The zero-order chi connectivity index (χ0) is 13.1. The Morgan fingerprint density at radius 3 is 2.47 bits per heavy atom. The summed E-state index contributed by atoms with van der Waals surface area (Å²) in [4.78, 5) is 1.45. The molecule has 2 unspecified atom stereocenters. The van der Waals surface area contributed by atoms with E-state index >= 15 is 0 Å². The van der Waals surface area contributed by atoms with Gasteiger partial charge in [0, 0.05) is 15.4 Å². The van der Waals surface area contributed by atoms with Gasteiger partial charge in [-0.2, -0.15) is 0 Å². The fourth-order valence-electron chi connectivity index (χ4n) is 1.78. The molecule has 1 aromatic rings. The molecule has 0 fully saturated rings. The quantitative estimate of drug-likeness (QED) is 0.829. The van der Waals surface area contributed by atoms with Gasteiger partial charge in [0.2, 0.25) is 0 Å². The summed E-state index contributed by atoms with van der Waals surface area (Å²) in [5, 5.41) is 5.61. The molecule has 0 aliphatic heterocycles. The Hall–Kier alpha value is 0.140. The van der Waals surface area contributed by atoms with Crippen molar-refractivity contribution in [3.05, 3.63) is 20.8 Å². The first-order valence-corrected chi connectivity index (χ1v) is 7.91. The van der Waals surface area contributed by atoms with Crippen LogP contribution in [0.4, 0.5) is 0 Å². The monoisotopic (exact) mass is 317 g/mol. The molecule has 2 atom stereocenters. The van der Waals surface area contributed by atoms with Crippen molar-refractivity contribution in [3.63, 3.8) is 0 Å². The Morgan fingerprint density at radius 2 is 2.06 bits per heavy atom. The normalized spacial score (nSPS) is 15.9. The van der Waals surface area contributed by atoms with Gasteiger partial charge < -0.3 is 5.32 Å². The number of rotatable bonds is 5. The SMILES string of the molecule is CNC(Cc1sccc1Br)CC(C)C(C)(C)C. The fourth-order valence-corrected chi connectivity index (χ4v) is 3.37. The van der Waals surface area contributed by atoms with Crippen LogP contribution in [-0.2, 0) is 6.42 Å². The summed E-state index contributed by atoms with van der Waals surface area (Å²) in [6, 6.07) is 2.71. The molecule has 0 spiro atoms. The maximum atomic E-state index is 3.61. The molecule has 0 bridgehead atoms. The topological polar surface area (TPSA) is 12.0 Å². The number of hydrogen-bond acceptors (Lipinski definition) is 2. The van der Waals surface area contributed by atoms with Crippen molar-refractivity contribution in [2.75, 3.05) is 7.05 Å². The molecular formula is C14H24BrNS. The van der Waals surface area contributed by atoms with Gasteiger partial charge in [-0.15, -0.1) is 11.3 Å². The van der Waals surface area contributed by atoms with Crippen LogP contribution in [0.5, 0.6) is 0 Å². The van der Waals surface area contributed by atoms with E-state index in [0.717, 1.165) is 12.3 Å². The van der Waals surface area contributed by atoms with Gasteiger partial charge in [-0.3, -0.25) is 0 Å². The molecule has 0 amide bonds. The Balaban J connectivity index is 2.58. The van der Waals surface area contributed by atoms with Gasteiger partial charge in [0.1, 0.15) is 0 Å². The number of likely N-dealkylation sites (N-methyl/N-ethyl adjacent to an activating group) is 1. The van der Waals surface area contributed by atoms with Crippen molar-refractivity contribution in [3.8, 4) is 0 Å². The van der Waals surface area contributed by atoms with E-state index in [9.17, 15) is 0 Å². The molecule has 17 heavy (non-hydrogen) atoms. The van der Waals surface area contributed by atoms with Crippen molar-refractivity contribution in [2.45, 2.75) is 46.6 Å². The summed E-state index contributed by atoms with van der Waals surface area (Å²) in [6.45, 7) is 9.33. The Labute approximate surface area is 118 Å². The lowest BCUT2D eigenvalue weighted by atomic mass is 9.78.